The SMILES string of the molecule is Cc1c(-c2ccc3c(c2)COC2(CCN(C(=O)CCC(=O)O)CC2)O3)ccc2cccnc12. The summed E-state index contributed by atoms with van der Waals surface area (Å²) in [7, 11) is 0. The molecule has 1 saturated heterocycles. The van der Waals surface area contributed by atoms with Gasteiger partial charge in [0.1, 0.15) is 5.75 Å². The molecule has 1 aromatic heterocycles. The van der Waals surface area contributed by atoms with Gasteiger partial charge in [-0.1, -0.05) is 24.3 Å². The average Bonchev–Trinajstić information content (AvgIpc) is 2.83. The van der Waals surface area contributed by atoms with Crippen molar-refractivity contribution in [1.29, 1.82) is 0 Å². The van der Waals surface area contributed by atoms with Crippen molar-refractivity contribution in [2.75, 3.05) is 13.1 Å². The quantitative estimate of drug-likeness (QED) is 0.643. The lowest BCUT2D eigenvalue weighted by Gasteiger charge is -2.44. The number of benzene rings is 2. The molecule has 0 unspecified atom stereocenters. The lowest BCUT2D eigenvalue weighted by atomic mass is 9.95. The molecular formula is C26H26N2O5. The smallest absolute Gasteiger partial charge is 0.303 e. The zero-order chi connectivity index (χ0) is 23.0. The number of pyridine rings is 1. The van der Waals surface area contributed by atoms with E-state index in [9.17, 15) is 9.59 Å². The lowest BCUT2D eigenvalue weighted by Crippen LogP contribution is -2.52. The number of hydrogen-bond acceptors (Lipinski definition) is 5. The van der Waals surface area contributed by atoms with Crippen LogP contribution in [0.15, 0.2) is 48.7 Å². The fourth-order valence-corrected chi connectivity index (χ4v) is 4.72. The number of ether oxygens (including phenoxy) is 2. The number of aromatic nitrogens is 1. The largest absolute Gasteiger partial charge is 0.481 e. The minimum atomic E-state index is -0.957. The van der Waals surface area contributed by atoms with E-state index >= 15 is 0 Å². The second-order valence-electron chi connectivity index (χ2n) is 8.71. The number of aliphatic carboxylic acids is 1. The van der Waals surface area contributed by atoms with E-state index in [1.165, 1.54) is 0 Å². The summed E-state index contributed by atoms with van der Waals surface area (Å²) < 4.78 is 12.5. The van der Waals surface area contributed by atoms with Crippen molar-refractivity contribution in [2.24, 2.45) is 0 Å². The second kappa shape index (κ2) is 8.48. The molecule has 7 heteroatoms. The summed E-state index contributed by atoms with van der Waals surface area (Å²) >= 11 is 0. The van der Waals surface area contributed by atoms with E-state index in [0.717, 1.165) is 38.9 Å². The summed E-state index contributed by atoms with van der Waals surface area (Å²) in [6.45, 7) is 3.53. The molecule has 0 atom stereocenters. The zero-order valence-corrected chi connectivity index (χ0v) is 18.5. The number of rotatable bonds is 4. The van der Waals surface area contributed by atoms with Crippen LogP contribution in [0.25, 0.3) is 22.0 Å². The molecule has 0 bridgehead atoms. The van der Waals surface area contributed by atoms with E-state index in [0.29, 0.717) is 32.5 Å². The van der Waals surface area contributed by atoms with Gasteiger partial charge in [-0.3, -0.25) is 14.6 Å². The van der Waals surface area contributed by atoms with Crippen LogP contribution in [-0.2, 0) is 20.9 Å². The lowest BCUT2D eigenvalue weighted by molar-refractivity contribution is -0.227. The second-order valence-corrected chi connectivity index (χ2v) is 8.71. The van der Waals surface area contributed by atoms with Gasteiger partial charge in [0.25, 0.3) is 0 Å². The van der Waals surface area contributed by atoms with Crippen LogP contribution in [0.3, 0.4) is 0 Å². The first-order chi connectivity index (χ1) is 15.9. The Hall–Kier alpha value is -3.45. The Kier molecular flexibility index (Phi) is 5.50. The molecule has 1 spiro atoms. The van der Waals surface area contributed by atoms with Crippen molar-refractivity contribution in [3.05, 3.63) is 59.8 Å². The fourth-order valence-electron chi connectivity index (χ4n) is 4.72. The van der Waals surface area contributed by atoms with Crippen LogP contribution in [0, 0.1) is 6.92 Å². The maximum absolute atomic E-state index is 12.2. The maximum Gasteiger partial charge on any atom is 0.303 e. The number of carboxylic acid groups (broad SMARTS) is 1. The first-order valence-electron chi connectivity index (χ1n) is 11.2. The Morgan fingerprint density at radius 1 is 1.12 bits per heavy atom. The van der Waals surface area contributed by atoms with Crippen molar-refractivity contribution in [3.63, 3.8) is 0 Å². The molecule has 0 radical (unpaired) electrons. The Bertz CT molecular complexity index is 1230. The molecule has 1 amide bonds. The summed E-state index contributed by atoms with van der Waals surface area (Å²) in [4.78, 5) is 29.2. The standard InChI is InChI=1S/C26H26N2O5/c1-17-21(6-4-18-3-2-12-27-25(17)18)19-5-7-22-20(15-19)16-32-26(33-22)10-13-28(14-11-26)23(29)8-9-24(30)31/h2-7,12,15H,8-11,13-14,16H2,1H3,(H,30,31). The predicted octanol–water partition coefficient (Wildman–Crippen LogP) is 4.30. The van der Waals surface area contributed by atoms with Crippen molar-refractivity contribution in [2.45, 2.75) is 45.0 Å². The molecule has 5 rings (SSSR count). The normalized spacial score (nSPS) is 16.9. The highest BCUT2D eigenvalue weighted by Gasteiger charge is 2.41. The Morgan fingerprint density at radius 3 is 2.73 bits per heavy atom. The third-order valence-corrected chi connectivity index (χ3v) is 6.62. The number of likely N-dealkylation sites (tertiary alicyclic amines) is 1. The minimum absolute atomic E-state index is 0.0271. The molecule has 2 aliphatic rings. The molecule has 3 heterocycles. The van der Waals surface area contributed by atoms with E-state index < -0.39 is 11.8 Å². The van der Waals surface area contributed by atoms with E-state index in [-0.39, 0.29) is 18.7 Å². The average molecular weight is 447 g/mol. The fraction of sp³-hybridized carbons (Fsp3) is 0.346. The van der Waals surface area contributed by atoms with Gasteiger partial charge < -0.3 is 19.5 Å². The van der Waals surface area contributed by atoms with E-state index in [1.807, 2.05) is 18.3 Å². The minimum Gasteiger partial charge on any atom is -0.481 e. The number of carbonyl (C=O) groups excluding carboxylic acids is 1. The zero-order valence-electron chi connectivity index (χ0n) is 18.5. The maximum atomic E-state index is 12.2. The summed E-state index contributed by atoms with van der Waals surface area (Å²) in [6.07, 6.45) is 2.82. The number of carboxylic acids is 1. The molecule has 1 N–H and O–H groups in total. The third kappa shape index (κ3) is 4.16. The number of carbonyl (C=O) groups is 2. The van der Waals surface area contributed by atoms with Crippen LogP contribution >= 0.6 is 0 Å². The van der Waals surface area contributed by atoms with Crippen LogP contribution < -0.4 is 4.74 Å². The van der Waals surface area contributed by atoms with Crippen molar-refractivity contribution in [3.8, 4) is 16.9 Å². The van der Waals surface area contributed by atoms with Crippen LogP contribution in [0.5, 0.6) is 5.75 Å². The number of nitrogens with zero attached hydrogens (tertiary/aromatic N) is 2. The van der Waals surface area contributed by atoms with Gasteiger partial charge >= 0.3 is 5.97 Å². The predicted molar refractivity (Wildman–Crippen MR) is 123 cm³/mol. The van der Waals surface area contributed by atoms with Crippen molar-refractivity contribution in [1.82, 2.24) is 9.88 Å². The summed E-state index contributed by atoms with van der Waals surface area (Å²) in [5.74, 6) is -1.01. The molecule has 2 aromatic carbocycles. The van der Waals surface area contributed by atoms with E-state index in [2.05, 4.69) is 42.2 Å². The molecule has 0 aliphatic carbocycles. The van der Waals surface area contributed by atoms with Gasteiger partial charge in [-0.25, -0.2) is 0 Å². The van der Waals surface area contributed by atoms with Gasteiger partial charge in [-0.2, -0.15) is 0 Å². The summed E-state index contributed by atoms with van der Waals surface area (Å²) in [6, 6.07) is 14.4. The molecule has 7 nitrogen and oxygen atoms in total. The molecule has 0 saturated carbocycles. The first-order valence-corrected chi connectivity index (χ1v) is 11.2. The highest BCUT2D eigenvalue weighted by atomic mass is 16.7. The van der Waals surface area contributed by atoms with Crippen LogP contribution in [0.1, 0.15) is 36.8 Å². The molecule has 1 fully saturated rings. The molecule has 3 aromatic rings. The number of amides is 1. The number of aryl methyl sites for hydroxylation is 1. The highest BCUT2D eigenvalue weighted by Crippen LogP contribution is 2.40. The summed E-state index contributed by atoms with van der Waals surface area (Å²) in [5, 5.41) is 9.92. The highest BCUT2D eigenvalue weighted by molar-refractivity contribution is 5.88. The Morgan fingerprint density at radius 2 is 1.94 bits per heavy atom. The molecule has 2 aliphatic heterocycles. The number of piperidine rings is 1. The summed E-state index contributed by atoms with van der Waals surface area (Å²) in [5.41, 5.74) is 5.38. The molecular weight excluding hydrogens is 420 g/mol. The van der Waals surface area contributed by atoms with Gasteiger partial charge in [0.05, 0.1) is 18.5 Å². The topological polar surface area (TPSA) is 89.0 Å². The van der Waals surface area contributed by atoms with Gasteiger partial charge in [0.2, 0.25) is 11.7 Å². The molecule has 170 valence electrons. The Balaban J connectivity index is 1.30. The molecule has 33 heavy (non-hydrogen) atoms. The third-order valence-electron chi connectivity index (χ3n) is 6.62. The van der Waals surface area contributed by atoms with Gasteiger partial charge in [-0.15, -0.1) is 0 Å². The van der Waals surface area contributed by atoms with Crippen LogP contribution in [-0.4, -0.2) is 45.7 Å². The van der Waals surface area contributed by atoms with Gasteiger partial charge in [-0.05, 0) is 41.8 Å². The van der Waals surface area contributed by atoms with E-state index in [4.69, 9.17) is 14.6 Å². The number of fused-ring (bicyclic) bond motifs is 2. The van der Waals surface area contributed by atoms with Crippen LogP contribution in [0.2, 0.25) is 0 Å². The Labute approximate surface area is 191 Å². The monoisotopic (exact) mass is 446 g/mol. The number of hydrogen-bond donors (Lipinski definition) is 1. The van der Waals surface area contributed by atoms with Gasteiger partial charge in [0, 0.05) is 49.5 Å². The first kappa shape index (κ1) is 21.4. The van der Waals surface area contributed by atoms with Crippen molar-refractivity contribution < 1.29 is 24.2 Å². The van der Waals surface area contributed by atoms with Gasteiger partial charge in [0.15, 0.2) is 0 Å². The van der Waals surface area contributed by atoms with Crippen LogP contribution in [0.4, 0.5) is 0 Å². The van der Waals surface area contributed by atoms with E-state index in [1.54, 1.807) is 4.90 Å². The van der Waals surface area contributed by atoms with Crippen molar-refractivity contribution >= 4 is 22.8 Å².